The molecule has 0 atom stereocenters. The third-order valence-corrected chi connectivity index (χ3v) is 1.88. The third kappa shape index (κ3) is 3.33. The van der Waals surface area contributed by atoms with Crippen molar-refractivity contribution in [2.24, 2.45) is 0 Å². The number of hydrogen-bond donors (Lipinski definition) is 0. The average molecular weight is 215 g/mol. The van der Waals surface area contributed by atoms with Crippen LogP contribution in [0.1, 0.15) is 25.3 Å². The van der Waals surface area contributed by atoms with E-state index in [1.54, 1.807) is 0 Å². The lowest BCUT2D eigenvalue weighted by Gasteiger charge is -2.07. The molecule has 1 nitrogen and oxygen atoms in total. The molecule has 0 fully saturated rings. The van der Waals surface area contributed by atoms with Gasteiger partial charge in [0.25, 0.3) is 4.51 Å². The van der Waals surface area contributed by atoms with Gasteiger partial charge in [-0.05, 0) is 47.4 Å². The Morgan fingerprint density at radius 2 is 2.15 bits per heavy atom. The van der Waals surface area contributed by atoms with Gasteiger partial charge in [0.2, 0.25) is 0 Å². The largest absolute Gasteiger partial charge is 0.436 e. The van der Waals surface area contributed by atoms with Crippen LogP contribution in [0, 0.1) is 0 Å². The maximum Gasteiger partial charge on any atom is 0.260 e. The van der Waals surface area contributed by atoms with Crippen molar-refractivity contribution in [3.8, 4) is 5.75 Å². The first-order valence-electron chi connectivity index (χ1n) is 4.07. The van der Waals surface area contributed by atoms with Gasteiger partial charge in [-0.3, -0.25) is 0 Å². The zero-order valence-corrected chi connectivity index (χ0v) is 9.15. The summed E-state index contributed by atoms with van der Waals surface area (Å²) in [6, 6.07) is 7.76. The van der Waals surface area contributed by atoms with Crippen molar-refractivity contribution in [1.29, 1.82) is 0 Å². The number of hydrogen-bond acceptors (Lipinski definition) is 2. The van der Waals surface area contributed by atoms with Gasteiger partial charge in [-0.2, -0.15) is 0 Å². The average Bonchev–Trinajstić information content (AvgIpc) is 2.03. The van der Waals surface area contributed by atoms with Crippen LogP contribution in [0.15, 0.2) is 24.3 Å². The van der Waals surface area contributed by atoms with Crippen LogP contribution in [0.25, 0.3) is 0 Å². The number of rotatable bonds is 2. The molecule has 3 heteroatoms. The Hall–Kier alpha value is -0.600. The Kier molecular flexibility index (Phi) is 3.70. The smallest absolute Gasteiger partial charge is 0.260 e. The maximum atomic E-state index is 5.45. The SMILES string of the molecule is CC(C)c1cccc(OC(=S)Cl)c1. The standard InChI is InChI=1S/C10H11ClOS/c1-7(2)8-4-3-5-9(6-8)12-10(11)13/h3-7H,1-2H3. The molecule has 0 amide bonds. The van der Waals surface area contributed by atoms with E-state index < -0.39 is 0 Å². The number of ether oxygens (including phenoxy) is 1. The summed E-state index contributed by atoms with van der Waals surface area (Å²) in [6.07, 6.45) is 0. The molecule has 0 unspecified atom stereocenters. The lowest BCUT2D eigenvalue weighted by molar-refractivity contribution is 0.575. The lowest BCUT2D eigenvalue weighted by Crippen LogP contribution is -1.96. The van der Waals surface area contributed by atoms with Crippen molar-refractivity contribution >= 4 is 28.3 Å². The third-order valence-electron chi connectivity index (χ3n) is 1.72. The molecule has 1 rings (SSSR count). The molecule has 70 valence electrons. The number of benzene rings is 1. The fraction of sp³-hybridized carbons (Fsp3) is 0.300. The summed E-state index contributed by atoms with van der Waals surface area (Å²) in [5, 5.41) is 0. The van der Waals surface area contributed by atoms with Gasteiger partial charge in [0.05, 0.1) is 0 Å². The molecule has 0 bridgehead atoms. The zero-order valence-electron chi connectivity index (χ0n) is 7.58. The molecular weight excluding hydrogens is 204 g/mol. The highest BCUT2D eigenvalue weighted by molar-refractivity contribution is 7.82. The van der Waals surface area contributed by atoms with Gasteiger partial charge in [-0.25, -0.2) is 0 Å². The first kappa shape index (κ1) is 10.5. The highest BCUT2D eigenvalue weighted by Gasteiger charge is 2.01. The molecule has 0 saturated carbocycles. The molecule has 0 N–H and O–H groups in total. The molecule has 1 aromatic carbocycles. The summed E-state index contributed by atoms with van der Waals surface area (Å²) in [4.78, 5) is 0. The molecule has 0 radical (unpaired) electrons. The molecule has 0 saturated heterocycles. The van der Waals surface area contributed by atoms with Crippen LogP contribution in [0.5, 0.6) is 5.75 Å². The van der Waals surface area contributed by atoms with Crippen LogP contribution < -0.4 is 4.74 Å². The van der Waals surface area contributed by atoms with Gasteiger partial charge in [0, 0.05) is 0 Å². The van der Waals surface area contributed by atoms with E-state index in [-0.39, 0.29) is 4.51 Å². The van der Waals surface area contributed by atoms with Gasteiger partial charge in [0.15, 0.2) is 0 Å². The van der Waals surface area contributed by atoms with Crippen molar-refractivity contribution in [2.75, 3.05) is 0 Å². The minimum atomic E-state index is 0.0286. The van der Waals surface area contributed by atoms with Gasteiger partial charge in [-0.1, -0.05) is 26.0 Å². The number of thiocarbonyl (C=S) groups is 1. The van der Waals surface area contributed by atoms with E-state index in [4.69, 9.17) is 16.3 Å². The van der Waals surface area contributed by atoms with E-state index in [0.29, 0.717) is 11.7 Å². The molecule has 0 aliphatic carbocycles. The van der Waals surface area contributed by atoms with Crippen LogP contribution in [0.4, 0.5) is 0 Å². The normalized spacial score (nSPS) is 10.2. The predicted octanol–water partition coefficient (Wildman–Crippen LogP) is 3.71. The summed E-state index contributed by atoms with van der Waals surface area (Å²) in [7, 11) is 0. The quantitative estimate of drug-likeness (QED) is 0.548. The Morgan fingerprint density at radius 3 is 2.69 bits per heavy atom. The molecule has 0 aliphatic heterocycles. The minimum absolute atomic E-state index is 0.0286. The van der Waals surface area contributed by atoms with E-state index in [1.165, 1.54) is 5.56 Å². The second kappa shape index (κ2) is 4.58. The second-order valence-electron chi connectivity index (χ2n) is 3.07. The van der Waals surface area contributed by atoms with Crippen LogP contribution in [0.3, 0.4) is 0 Å². The summed E-state index contributed by atoms with van der Waals surface area (Å²) in [6.45, 7) is 4.25. The van der Waals surface area contributed by atoms with Gasteiger partial charge in [0.1, 0.15) is 5.75 Å². The van der Waals surface area contributed by atoms with Crippen molar-refractivity contribution in [2.45, 2.75) is 19.8 Å². The van der Waals surface area contributed by atoms with E-state index in [2.05, 4.69) is 32.1 Å². The maximum absolute atomic E-state index is 5.45. The van der Waals surface area contributed by atoms with Crippen LogP contribution in [-0.4, -0.2) is 4.51 Å². The fourth-order valence-corrected chi connectivity index (χ4v) is 1.22. The molecular formula is C10H11ClOS. The monoisotopic (exact) mass is 214 g/mol. The summed E-state index contributed by atoms with van der Waals surface area (Å²) < 4.78 is 5.13. The molecule has 0 heterocycles. The molecule has 1 aromatic rings. The topological polar surface area (TPSA) is 9.23 Å². The van der Waals surface area contributed by atoms with E-state index in [1.807, 2.05) is 18.2 Å². The van der Waals surface area contributed by atoms with Crippen LogP contribution in [0.2, 0.25) is 0 Å². The first-order valence-corrected chi connectivity index (χ1v) is 4.85. The molecule has 0 aliphatic rings. The zero-order chi connectivity index (χ0) is 9.84. The molecule has 0 aromatic heterocycles. The van der Waals surface area contributed by atoms with Crippen molar-refractivity contribution < 1.29 is 4.74 Å². The second-order valence-corrected chi connectivity index (χ2v) is 4.01. The first-order chi connectivity index (χ1) is 6.09. The highest BCUT2D eigenvalue weighted by atomic mass is 35.5. The van der Waals surface area contributed by atoms with Crippen LogP contribution in [-0.2, 0) is 0 Å². The summed E-state index contributed by atoms with van der Waals surface area (Å²) in [5.41, 5.74) is 1.21. The Bertz CT molecular complexity index is 310. The van der Waals surface area contributed by atoms with Gasteiger partial charge >= 0.3 is 0 Å². The Balaban J connectivity index is 2.85. The highest BCUT2D eigenvalue weighted by Crippen LogP contribution is 2.20. The van der Waals surface area contributed by atoms with E-state index in [9.17, 15) is 0 Å². The van der Waals surface area contributed by atoms with Crippen molar-refractivity contribution in [1.82, 2.24) is 0 Å². The predicted molar refractivity (Wildman–Crippen MR) is 59.6 cm³/mol. The number of halogens is 1. The van der Waals surface area contributed by atoms with Crippen molar-refractivity contribution in [3.63, 3.8) is 0 Å². The molecule has 13 heavy (non-hydrogen) atoms. The fourth-order valence-electron chi connectivity index (χ4n) is 1.03. The van der Waals surface area contributed by atoms with E-state index >= 15 is 0 Å². The summed E-state index contributed by atoms with van der Waals surface area (Å²) >= 11 is 10.1. The Labute approximate surface area is 88.7 Å². The lowest BCUT2D eigenvalue weighted by atomic mass is 10.0. The molecule has 0 spiro atoms. The van der Waals surface area contributed by atoms with Gasteiger partial charge in [-0.15, -0.1) is 0 Å². The summed E-state index contributed by atoms with van der Waals surface area (Å²) in [5.74, 6) is 1.18. The van der Waals surface area contributed by atoms with E-state index in [0.717, 1.165) is 0 Å². The minimum Gasteiger partial charge on any atom is -0.436 e. The Morgan fingerprint density at radius 1 is 1.46 bits per heavy atom. The van der Waals surface area contributed by atoms with Crippen LogP contribution >= 0.6 is 23.8 Å². The van der Waals surface area contributed by atoms with Gasteiger partial charge < -0.3 is 4.74 Å². The van der Waals surface area contributed by atoms with Crippen molar-refractivity contribution in [3.05, 3.63) is 29.8 Å².